The Morgan fingerprint density at radius 2 is 0.932 bits per heavy atom. The first-order valence-corrected chi connectivity index (χ1v) is 15.1. The Kier molecular flexibility index (Phi) is 9.59. The first kappa shape index (κ1) is 30.3. The average Bonchev–Trinajstić information content (AvgIpc) is 3.73. The van der Waals surface area contributed by atoms with Gasteiger partial charge in [0.25, 0.3) is 11.8 Å². The van der Waals surface area contributed by atoms with Gasteiger partial charge in [0.2, 0.25) is 0 Å². The Morgan fingerprint density at radius 3 is 1.30 bits per heavy atom. The summed E-state index contributed by atoms with van der Waals surface area (Å²) in [4.78, 5) is 38.2. The molecule has 44 heavy (non-hydrogen) atoms. The molecule has 0 N–H and O–H groups in total. The molecule has 0 atom stereocenters. The van der Waals surface area contributed by atoms with Crippen molar-refractivity contribution in [1.29, 1.82) is 0 Å². The van der Waals surface area contributed by atoms with E-state index in [1.807, 2.05) is 85.9 Å². The summed E-state index contributed by atoms with van der Waals surface area (Å²) >= 11 is 0. The molecule has 5 aromatic rings. The lowest BCUT2D eigenvalue weighted by atomic mass is 10.1. The number of rotatable bonds is 12. The van der Waals surface area contributed by atoms with E-state index in [0.29, 0.717) is 62.0 Å². The zero-order valence-electron chi connectivity index (χ0n) is 25.7. The molecule has 226 valence electrons. The average molecular weight is 591 g/mol. The molecular weight excluding hydrogens is 552 g/mol. The van der Waals surface area contributed by atoms with Crippen molar-refractivity contribution in [3.63, 3.8) is 0 Å². The highest BCUT2D eigenvalue weighted by Gasteiger charge is 2.17. The standard InChI is InChI=1S/C34H38N8O2/c1-5-39(6-2)33(43)31-13-9-11-27(35-31)29-19-21-41(37-29)23-25-15-17-26(18-16-25)24-42-22-20-30(38-42)28-12-10-14-32(36-28)34(44)40(7-3)8-4/h9-22H,5-8,23-24H2,1-4H3. The van der Waals surface area contributed by atoms with Crippen molar-refractivity contribution in [2.24, 2.45) is 0 Å². The summed E-state index contributed by atoms with van der Waals surface area (Å²) in [6.07, 6.45) is 3.85. The van der Waals surface area contributed by atoms with Crippen LogP contribution in [0.25, 0.3) is 22.8 Å². The molecule has 0 radical (unpaired) electrons. The topological polar surface area (TPSA) is 102 Å². The highest BCUT2D eigenvalue weighted by Crippen LogP contribution is 2.18. The van der Waals surface area contributed by atoms with Crippen LogP contribution >= 0.6 is 0 Å². The zero-order valence-corrected chi connectivity index (χ0v) is 25.7. The Morgan fingerprint density at radius 1 is 0.545 bits per heavy atom. The molecule has 0 fully saturated rings. The van der Waals surface area contributed by atoms with Gasteiger partial charge in [0.1, 0.15) is 22.8 Å². The third-order valence-electron chi connectivity index (χ3n) is 7.56. The minimum Gasteiger partial charge on any atom is -0.338 e. The molecular formula is C34H38N8O2. The zero-order chi connectivity index (χ0) is 31.1. The van der Waals surface area contributed by atoms with Crippen LogP contribution < -0.4 is 0 Å². The van der Waals surface area contributed by atoms with Crippen LogP contribution in [0.15, 0.2) is 85.2 Å². The summed E-state index contributed by atoms with van der Waals surface area (Å²) in [5.41, 5.74) is 5.88. The molecule has 10 nitrogen and oxygen atoms in total. The van der Waals surface area contributed by atoms with Gasteiger partial charge in [0, 0.05) is 38.6 Å². The fourth-order valence-corrected chi connectivity index (χ4v) is 5.04. The fraction of sp³-hybridized carbons (Fsp3) is 0.294. The summed E-state index contributed by atoms with van der Waals surface area (Å²) in [6.45, 7) is 11.6. The highest BCUT2D eigenvalue weighted by molar-refractivity contribution is 5.93. The van der Waals surface area contributed by atoms with E-state index in [1.165, 1.54) is 0 Å². The van der Waals surface area contributed by atoms with Crippen LogP contribution in [-0.4, -0.2) is 77.3 Å². The first-order chi connectivity index (χ1) is 21.4. The molecule has 0 saturated carbocycles. The maximum Gasteiger partial charge on any atom is 0.272 e. The van der Waals surface area contributed by atoms with Gasteiger partial charge >= 0.3 is 0 Å². The summed E-state index contributed by atoms with van der Waals surface area (Å²) in [6, 6.07) is 23.1. The number of carbonyl (C=O) groups excluding carboxylic acids is 2. The van der Waals surface area contributed by atoms with Crippen molar-refractivity contribution < 1.29 is 9.59 Å². The van der Waals surface area contributed by atoms with Crippen molar-refractivity contribution >= 4 is 11.8 Å². The van der Waals surface area contributed by atoms with E-state index in [-0.39, 0.29) is 11.8 Å². The van der Waals surface area contributed by atoms with Crippen LogP contribution in [0.1, 0.15) is 59.8 Å². The molecule has 0 bridgehead atoms. The van der Waals surface area contributed by atoms with Crippen LogP contribution in [0, 0.1) is 0 Å². The van der Waals surface area contributed by atoms with E-state index < -0.39 is 0 Å². The third-order valence-corrected chi connectivity index (χ3v) is 7.56. The number of nitrogens with zero attached hydrogens (tertiary/aromatic N) is 8. The van der Waals surface area contributed by atoms with Crippen molar-refractivity contribution in [2.75, 3.05) is 26.2 Å². The van der Waals surface area contributed by atoms with Gasteiger partial charge in [0.05, 0.1) is 24.5 Å². The van der Waals surface area contributed by atoms with E-state index in [2.05, 4.69) is 34.2 Å². The number of amides is 2. The Labute approximate surface area is 258 Å². The SMILES string of the molecule is CCN(CC)C(=O)c1cccc(-c2ccn(Cc3ccc(Cn4ccc(-c5cccc(C(=O)N(CC)CC)n5)n4)cc3)n2)n1. The molecule has 2 amide bonds. The Hall–Kier alpha value is -5.12. The summed E-state index contributed by atoms with van der Waals surface area (Å²) in [7, 11) is 0. The molecule has 10 heteroatoms. The molecule has 0 aliphatic carbocycles. The van der Waals surface area contributed by atoms with Crippen LogP contribution in [0.4, 0.5) is 0 Å². The molecule has 4 heterocycles. The maximum atomic E-state index is 12.7. The van der Waals surface area contributed by atoms with Crippen LogP contribution in [0.5, 0.6) is 0 Å². The van der Waals surface area contributed by atoms with Crippen molar-refractivity contribution in [3.05, 3.63) is 108 Å². The number of aromatic nitrogens is 6. The van der Waals surface area contributed by atoms with Gasteiger partial charge in [-0.15, -0.1) is 0 Å². The summed E-state index contributed by atoms with van der Waals surface area (Å²) in [5, 5.41) is 9.41. The number of hydrogen-bond donors (Lipinski definition) is 0. The Balaban J connectivity index is 1.22. The van der Waals surface area contributed by atoms with E-state index in [4.69, 9.17) is 10.2 Å². The Bertz CT molecular complexity index is 1590. The van der Waals surface area contributed by atoms with Gasteiger partial charge in [-0.25, -0.2) is 9.97 Å². The van der Waals surface area contributed by atoms with Gasteiger partial charge in [-0.3, -0.25) is 19.0 Å². The molecule has 1 aromatic carbocycles. The van der Waals surface area contributed by atoms with Gasteiger partial charge in [-0.1, -0.05) is 36.4 Å². The highest BCUT2D eigenvalue weighted by atomic mass is 16.2. The number of hydrogen-bond acceptors (Lipinski definition) is 6. The molecule has 5 rings (SSSR count). The quantitative estimate of drug-likeness (QED) is 0.196. The van der Waals surface area contributed by atoms with Crippen LogP contribution in [0.2, 0.25) is 0 Å². The molecule has 4 aromatic heterocycles. The van der Waals surface area contributed by atoms with Crippen LogP contribution in [-0.2, 0) is 13.1 Å². The van der Waals surface area contributed by atoms with Gasteiger partial charge in [0.15, 0.2) is 0 Å². The molecule has 0 spiro atoms. The van der Waals surface area contributed by atoms with Crippen molar-refractivity contribution in [1.82, 2.24) is 39.3 Å². The molecule has 0 aliphatic rings. The van der Waals surface area contributed by atoms with Crippen molar-refractivity contribution in [3.8, 4) is 22.8 Å². The smallest absolute Gasteiger partial charge is 0.272 e. The predicted molar refractivity (Wildman–Crippen MR) is 170 cm³/mol. The van der Waals surface area contributed by atoms with E-state index >= 15 is 0 Å². The van der Waals surface area contributed by atoms with Crippen molar-refractivity contribution in [2.45, 2.75) is 40.8 Å². The summed E-state index contributed by atoms with van der Waals surface area (Å²) in [5.74, 6) is -0.146. The normalized spacial score (nSPS) is 11.0. The van der Waals surface area contributed by atoms with Gasteiger partial charge in [-0.05, 0) is 75.2 Å². The number of carbonyl (C=O) groups is 2. The maximum absolute atomic E-state index is 12.7. The molecule has 0 unspecified atom stereocenters. The lowest BCUT2D eigenvalue weighted by Gasteiger charge is -2.18. The van der Waals surface area contributed by atoms with E-state index in [9.17, 15) is 9.59 Å². The van der Waals surface area contributed by atoms with E-state index in [1.54, 1.807) is 21.9 Å². The van der Waals surface area contributed by atoms with Gasteiger partial charge in [-0.2, -0.15) is 10.2 Å². The second-order valence-corrected chi connectivity index (χ2v) is 10.4. The largest absolute Gasteiger partial charge is 0.338 e. The van der Waals surface area contributed by atoms with E-state index in [0.717, 1.165) is 22.5 Å². The monoisotopic (exact) mass is 590 g/mol. The van der Waals surface area contributed by atoms with Gasteiger partial charge < -0.3 is 9.80 Å². The molecule has 0 saturated heterocycles. The minimum absolute atomic E-state index is 0.0732. The third kappa shape index (κ3) is 6.91. The second kappa shape index (κ2) is 13.9. The lowest BCUT2D eigenvalue weighted by Crippen LogP contribution is -2.31. The molecule has 0 aliphatic heterocycles. The fourth-order valence-electron chi connectivity index (χ4n) is 5.04. The minimum atomic E-state index is -0.0732. The number of benzene rings is 1. The number of pyridine rings is 2. The summed E-state index contributed by atoms with van der Waals surface area (Å²) < 4.78 is 3.74. The lowest BCUT2D eigenvalue weighted by molar-refractivity contribution is 0.0759. The second-order valence-electron chi connectivity index (χ2n) is 10.4. The first-order valence-electron chi connectivity index (χ1n) is 15.1. The van der Waals surface area contributed by atoms with Crippen LogP contribution in [0.3, 0.4) is 0 Å². The predicted octanol–water partition coefficient (Wildman–Crippen LogP) is 5.26.